The van der Waals surface area contributed by atoms with E-state index in [1.807, 2.05) is 0 Å². The van der Waals surface area contributed by atoms with Gasteiger partial charge in [-0.15, -0.1) is 0 Å². The number of hydrazone groups is 1. The summed E-state index contributed by atoms with van der Waals surface area (Å²) in [6.45, 7) is 1.05. The van der Waals surface area contributed by atoms with E-state index in [0.29, 0.717) is 5.56 Å². The van der Waals surface area contributed by atoms with Gasteiger partial charge >= 0.3 is 0 Å². The first kappa shape index (κ1) is 19.9. The van der Waals surface area contributed by atoms with Crippen molar-refractivity contribution < 1.29 is 23.9 Å². The van der Waals surface area contributed by atoms with Gasteiger partial charge in [0.1, 0.15) is 12.3 Å². The van der Waals surface area contributed by atoms with Gasteiger partial charge in [0, 0.05) is 18.7 Å². The minimum absolute atomic E-state index is 0.0118. The molecule has 2 aliphatic rings. The maximum Gasteiger partial charge on any atom is 0.250 e. The number of aliphatic imine (C=N–C) groups is 1. The van der Waals surface area contributed by atoms with Crippen LogP contribution < -0.4 is 4.74 Å². The molecule has 0 saturated heterocycles. The maximum absolute atomic E-state index is 12.1. The number of rotatable bonds is 3. The molecule has 1 aromatic carbocycles. The Bertz CT molecular complexity index is 1000. The zero-order valence-electron chi connectivity index (χ0n) is 14.8. The van der Waals surface area contributed by atoms with Crippen molar-refractivity contribution in [2.24, 2.45) is 10.1 Å². The molecule has 1 aromatic rings. The fourth-order valence-corrected chi connectivity index (χ4v) is 3.12. The lowest BCUT2D eigenvalue weighted by Crippen LogP contribution is -2.35. The predicted octanol–water partition coefficient (Wildman–Crippen LogP) is 2.00. The Balaban J connectivity index is 1.93. The Kier molecular flexibility index (Phi) is 5.44. The Hall–Kier alpha value is -2.84. The summed E-state index contributed by atoms with van der Waals surface area (Å²) in [5.41, 5.74) is 0.355. The van der Waals surface area contributed by atoms with Crippen LogP contribution in [0.2, 0.25) is 10.0 Å². The SMILES string of the molecule is CC(=O)C1=CC(Oc2c(Cl)cc(C3=NN(C)C(=O)CC3=O)cc2Cl)=NCC1=O. The quantitative estimate of drug-likeness (QED) is 0.547. The number of amides is 1. The van der Waals surface area contributed by atoms with E-state index in [1.54, 1.807) is 0 Å². The summed E-state index contributed by atoms with van der Waals surface area (Å²) in [5.74, 6) is -1.61. The molecule has 2 aliphatic heterocycles. The van der Waals surface area contributed by atoms with Gasteiger partial charge in [-0.1, -0.05) is 23.2 Å². The zero-order valence-corrected chi connectivity index (χ0v) is 16.3. The van der Waals surface area contributed by atoms with Crippen LogP contribution >= 0.6 is 23.2 Å². The molecule has 1 amide bonds. The third-order valence-corrected chi connectivity index (χ3v) is 4.55. The Morgan fingerprint density at radius 2 is 1.79 bits per heavy atom. The number of Topliss-reactive ketones (excluding diaryl/α,β-unsaturated/α-hetero) is 3. The van der Waals surface area contributed by atoms with Crippen LogP contribution in [-0.4, -0.2) is 53.5 Å². The Morgan fingerprint density at radius 3 is 2.39 bits per heavy atom. The minimum Gasteiger partial charge on any atom is -0.436 e. The summed E-state index contributed by atoms with van der Waals surface area (Å²) in [6, 6.07) is 2.85. The predicted molar refractivity (Wildman–Crippen MR) is 102 cm³/mol. The van der Waals surface area contributed by atoms with Gasteiger partial charge in [0.05, 0.1) is 22.0 Å². The van der Waals surface area contributed by atoms with E-state index >= 15 is 0 Å². The number of hydrogen-bond donors (Lipinski definition) is 0. The van der Waals surface area contributed by atoms with Crippen molar-refractivity contribution >= 4 is 58.1 Å². The highest BCUT2D eigenvalue weighted by atomic mass is 35.5. The van der Waals surface area contributed by atoms with Gasteiger partial charge in [0.2, 0.25) is 11.8 Å². The number of nitrogens with zero attached hydrogens (tertiary/aromatic N) is 3. The molecular weight excluding hydrogens is 409 g/mol. The van der Waals surface area contributed by atoms with Crippen molar-refractivity contribution in [1.82, 2.24) is 5.01 Å². The van der Waals surface area contributed by atoms with Gasteiger partial charge in [-0.2, -0.15) is 5.10 Å². The molecule has 28 heavy (non-hydrogen) atoms. The van der Waals surface area contributed by atoms with Gasteiger partial charge in [-0.05, 0) is 19.1 Å². The minimum atomic E-state index is -0.451. The highest BCUT2D eigenvalue weighted by Gasteiger charge is 2.28. The van der Waals surface area contributed by atoms with Crippen LogP contribution in [0, 0.1) is 0 Å². The normalized spacial score (nSPS) is 17.2. The molecule has 0 N–H and O–H groups in total. The van der Waals surface area contributed by atoms with Crippen LogP contribution in [0.3, 0.4) is 0 Å². The average molecular weight is 422 g/mol. The molecule has 0 aromatic heterocycles. The van der Waals surface area contributed by atoms with Crippen molar-refractivity contribution in [3.8, 4) is 5.75 Å². The third-order valence-electron chi connectivity index (χ3n) is 3.99. The first-order valence-corrected chi connectivity index (χ1v) is 8.79. The van der Waals surface area contributed by atoms with Crippen molar-refractivity contribution in [3.05, 3.63) is 39.4 Å². The molecule has 0 bridgehead atoms. The van der Waals surface area contributed by atoms with Crippen LogP contribution in [-0.2, 0) is 19.2 Å². The molecule has 10 heteroatoms. The molecule has 0 fully saturated rings. The second kappa shape index (κ2) is 7.65. The topological polar surface area (TPSA) is 105 Å². The lowest BCUT2D eigenvalue weighted by Gasteiger charge is -2.19. The zero-order chi connectivity index (χ0) is 20.6. The number of hydrogen-bond acceptors (Lipinski definition) is 7. The van der Waals surface area contributed by atoms with Gasteiger partial charge in [0.15, 0.2) is 23.1 Å². The van der Waals surface area contributed by atoms with Crippen molar-refractivity contribution in [1.29, 1.82) is 0 Å². The fraction of sp³-hybridized carbons (Fsp3) is 0.222. The van der Waals surface area contributed by atoms with Crippen LogP contribution in [0.25, 0.3) is 0 Å². The largest absolute Gasteiger partial charge is 0.436 e. The molecular formula is C18H13Cl2N3O5. The van der Waals surface area contributed by atoms with Crippen LogP contribution in [0.4, 0.5) is 0 Å². The summed E-state index contributed by atoms with van der Waals surface area (Å²) in [4.78, 5) is 50.8. The summed E-state index contributed by atoms with van der Waals surface area (Å²) in [6.07, 6.45) is 0.927. The van der Waals surface area contributed by atoms with E-state index in [-0.39, 0.29) is 45.9 Å². The smallest absolute Gasteiger partial charge is 0.250 e. The molecule has 0 saturated carbocycles. The number of benzene rings is 1. The average Bonchev–Trinajstić information content (AvgIpc) is 2.62. The lowest BCUT2D eigenvalue weighted by molar-refractivity contribution is -0.134. The fourth-order valence-electron chi connectivity index (χ4n) is 2.56. The third kappa shape index (κ3) is 3.88. The van der Waals surface area contributed by atoms with Crippen LogP contribution in [0.5, 0.6) is 5.75 Å². The van der Waals surface area contributed by atoms with E-state index in [2.05, 4.69) is 10.1 Å². The van der Waals surface area contributed by atoms with E-state index < -0.39 is 23.3 Å². The summed E-state index contributed by atoms with van der Waals surface area (Å²) in [5, 5.41) is 5.17. The molecule has 3 rings (SSSR count). The van der Waals surface area contributed by atoms with Gasteiger partial charge in [0.25, 0.3) is 0 Å². The van der Waals surface area contributed by atoms with Gasteiger partial charge in [-0.25, -0.2) is 10.0 Å². The number of carbonyl (C=O) groups is 4. The second-order valence-corrected chi connectivity index (χ2v) is 6.84. The van der Waals surface area contributed by atoms with E-state index in [0.717, 1.165) is 5.01 Å². The molecule has 0 unspecified atom stereocenters. The summed E-state index contributed by atoms with van der Waals surface area (Å²) >= 11 is 12.5. The summed E-state index contributed by atoms with van der Waals surface area (Å²) in [7, 11) is 1.44. The standard InChI is InChI=1S/C18H13Cl2N3O5/c1-8(24)10-5-15(21-7-14(10)26)28-18-11(19)3-9(4-12(18)20)17-13(25)6-16(27)23(2)22-17/h3-5H,6-7H2,1-2H3. The van der Waals surface area contributed by atoms with Crippen molar-refractivity contribution in [3.63, 3.8) is 0 Å². The van der Waals surface area contributed by atoms with Gasteiger partial charge < -0.3 is 4.74 Å². The molecule has 8 nitrogen and oxygen atoms in total. The number of dihydropyridines is 1. The van der Waals surface area contributed by atoms with Crippen LogP contribution in [0.1, 0.15) is 18.9 Å². The lowest BCUT2D eigenvalue weighted by atomic mass is 10.0. The van der Waals surface area contributed by atoms with Crippen molar-refractivity contribution in [2.75, 3.05) is 13.6 Å². The van der Waals surface area contributed by atoms with Crippen LogP contribution in [0.15, 0.2) is 33.9 Å². The second-order valence-electron chi connectivity index (χ2n) is 6.03. The Morgan fingerprint density at radius 1 is 1.14 bits per heavy atom. The maximum atomic E-state index is 12.1. The molecule has 0 atom stereocenters. The first-order valence-electron chi connectivity index (χ1n) is 8.03. The number of ketones is 3. The number of ether oxygens (including phenoxy) is 1. The first-order chi connectivity index (χ1) is 13.2. The van der Waals surface area contributed by atoms with E-state index in [9.17, 15) is 19.2 Å². The van der Waals surface area contributed by atoms with E-state index in [4.69, 9.17) is 27.9 Å². The Labute approximate surface area is 169 Å². The monoisotopic (exact) mass is 421 g/mol. The highest BCUT2D eigenvalue weighted by molar-refractivity contribution is 6.50. The number of halogens is 2. The molecule has 0 aliphatic carbocycles. The molecule has 144 valence electrons. The van der Waals surface area contributed by atoms with Gasteiger partial charge in [-0.3, -0.25) is 19.2 Å². The highest BCUT2D eigenvalue weighted by Crippen LogP contribution is 2.35. The molecule has 0 spiro atoms. The molecule has 0 radical (unpaired) electrons. The van der Waals surface area contributed by atoms with E-state index in [1.165, 1.54) is 32.2 Å². The molecule has 2 heterocycles. The number of carbonyl (C=O) groups excluding carboxylic acids is 4. The van der Waals surface area contributed by atoms with Crippen molar-refractivity contribution in [2.45, 2.75) is 13.3 Å². The summed E-state index contributed by atoms with van der Waals surface area (Å²) < 4.78 is 5.57.